The summed E-state index contributed by atoms with van der Waals surface area (Å²) in [6.45, 7) is 6.51. The molecule has 1 heterocycles. The van der Waals surface area contributed by atoms with E-state index in [1.807, 2.05) is 32.9 Å². The van der Waals surface area contributed by atoms with Gasteiger partial charge in [0, 0.05) is 17.3 Å². The van der Waals surface area contributed by atoms with E-state index < -0.39 is 0 Å². The largest absolute Gasteiger partial charge is 0.360 e. The SMILES string of the molecule is CCNc1nnc(S[C@H](C)C(=O)Nc2cccc(Cl)c2C)s1. The van der Waals surface area contributed by atoms with Crippen LogP contribution in [-0.2, 0) is 4.79 Å². The fourth-order valence-corrected chi connectivity index (χ4v) is 3.80. The number of benzene rings is 1. The first-order chi connectivity index (χ1) is 10.5. The highest BCUT2D eigenvalue weighted by Gasteiger charge is 2.18. The maximum atomic E-state index is 12.3. The van der Waals surface area contributed by atoms with Crippen LogP contribution in [0, 0.1) is 6.92 Å². The van der Waals surface area contributed by atoms with Gasteiger partial charge in [0.15, 0.2) is 4.34 Å². The molecule has 0 saturated heterocycles. The molecule has 2 N–H and O–H groups in total. The molecule has 118 valence electrons. The molecule has 8 heteroatoms. The van der Waals surface area contributed by atoms with Crippen molar-refractivity contribution in [1.29, 1.82) is 0 Å². The van der Waals surface area contributed by atoms with E-state index in [-0.39, 0.29) is 11.2 Å². The van der Waals surface area contributed by atoms with Crippen molar-refractivity contribution < 1.29 is 4.79 Å². The number of nitrogens with one attached hydrogen (secondary N) is 2. The summed E-state index contributed by atoms with van der Waals surface area (Å²) >= 11 is 8.89. The van der Waals surface area contributed by atoms with Crippen LogP contribution in [0.3, 0.4) is 0 Å². The third kappa shape index (κ3) is 4.34. The molecular weight excluding hydrogens is 340 g/mol. The average molecular weight is 357 g/mol. The predicted molar refractivity (Wildman–Crippen MR) is 94.2 cm³/mol. The monoisotopic (exact) mass is 356 g/mol. The molecule has 1 aromatic heterocycles. The Hall–Kier alpha value is -1.31. The second-order valence-corrected chi connectivity index (χ2v) is 7.54. The Morgan fingerprint density at radius 2 is 2.23 bits per heavy atom. The van der Waals surface area contributed by atoms with Gasteiger partial charge in [0.25, 0.3) is 0 Å². The van der Waals surface area contributed by atoms with Gasteiger partial charge in [-0.05, 0) is 38.5 Å². The van der Waals surface area contributed by atoms with Gasteiger partial charge in [-0.3, -0.25) is 4.79 Å². The molecule has 0 aliphatic rings. The third-order valence-corrected chi connectivity index (χ3v) is 5.38. The molecule has 1 aromatic carbocycles. The van der Waals surface area contributed by atoms with Crippen molar-refractivity contribution in [2.24, 2.45) is 0 Å². The standard InChI is InChI=1S/C14H17ClN4OS2/c1-4-16-13-18-19-14(22-13)21-9(3)12(20)17-11-7-5-6-10(15)8(11)2/h5-7,9H,4H2,1-3H3,(H,16,18)(H,17,20)/t9-/m1/s1. The van der Waals surface area contributed by atoms with Crippen molar-refractivity contribution in [3.8, 4) is 0 Å². The summed E-state index contributed by atoms with van der Waals surface area (Å²) < 4.78 is 0.765. The number of hydrogen-bond donors (Lipinski definition) is 2. The van der Waals surface area contributed by atoms with Gasteiger partial charge in [-0.15, -0.1) is 10.2 Å². The number of hydrogen-bond acceptors (Lipinski definition) is 6. The minimum Gasteiger partial charge on any atom is -0.360 e. The smallest absolute Gasteiger partial charge is 0.237 e. The van der Waals surface area contributed by atoms with Crippen molar-refractivity contribution in [3.63, 3.8) is 0 Å². The van der Waals surface area contributed by atoms with Crippen molar-refractivity contribution in [2.75, 3.05) is 17.2 Å². The Morgan fingerprint density at radius 1 is 1.45 bits per heavy atom. The Morgan fingerprint density at radius 3 is 2.95 bits per heavy atom. The number of nitrogens with zero attached hydrogens (tertiary/aromatic N) is 2. The van der Waals surface area contributed by atoms with E-state index >= 15 is 0 Å². The molecule has 0 saturated carbocycles. The predicted octanol–water partition coefficient (Wildman–Crippen LogP) is 4.05. The number of rotatable bonds is 6. The van der Waals surface area contributed by atoms with Gasteiger partial charge in [0.05, 0.1) is 5.25 Å². The lowest BCUT2D eigenvalue weighted by molar-refractivity contribution is -0.115. The first kappa shape index (κ1) is 17.1. The van der Waals surface area contributed by atoms with E-state index in [4.69, 9.17) is 11.6 Å². The number of carbonyl (C=O) groups excluding carboxylic acids is 1. The highest BCUT2D eigenvalue weighted by Crippen LogP contribution is 2.30. The summed E-state index contributed by atoms with van der Waals surface area (Å²) in [5.41, 5.74) is 1.59. The summed E-state index contributed by atoms with van der Waals surface area (Å²) in [6, 6.07) is 5.45. The summed E-state index contributed by atoms with van der Waals surface area (Å²) in [5, 5.41) is 15.2. The minimum atomic E-state index is -0.277. The lowest BCUT2D eigenvalue weighted by Gasteiger charge is -2.12. The number of thioether (sulfide) groups is 1. The van der Waals surface area contributed by atoms with E-state index in [1.54, 1.807) is 6.07 Å². The summed E-state index contributed by atoms with van der Waals surface area (Å²) in [5.74, 6) is -0.0874. The van der Waals surface area contributed by atoms with Crippen LogP contribution in [0.2, 0.25) is 5.02 Å². The Labute approximate surface area is 142 Å². The van der Waals surface area contributed by atoms with Gasteiger partial charge in [-0.1, -0.05) is 40.8 Å². The Bertz CT molecular complexity index is 662. The minimum absolute atomic E-state index is 0.0874. The van der Waals surface area contributed by atoms with Crippen molar-refractivity contribution in [3.05, 3.63) is 28.8 Å². The van der Waals surface area contributed by atoms with Crippen molar-refractivity contribution >= 4 is 51.4 Å². The first-order valence-corrected chi connectivity index (χ1v) is 8.88. The zero-order valence-electron chi connectivity index (χ0n) is 12.5. The van der Waals surface area contributed by atoms with E-state index in [0.29, 0.717) is 5.02 Å². The maximum Gasteiger partial charge on any atom is 0.237 e. The number of halogens is 1. The lowest BCUT2D eigenvalue weighted by Crippen LogP contribution is -2.22. The zero-order valence-corrected chi connectivity index (χ0v) is 14.9. The van der Waals surface area contributed by atoms with E-state index in [0.717, 1.165) is 27.3 Å². The van der Waals surface area contributed by atoms with Gasteiger partial charge in [-0.25, -0.2) is 0 Å². The molecule has 0 aliphatic heterocycles. The number of amides is 1. The topological polar surface area (TPSA) is 66.9 Å². The lowest BCUT2D eigenvalue weighted by atomic mass is 10.2. The molecule has 22 heavy (non-hydrogen) atoms. The highest BCUT2D eigenvalue weighted by molar-refractivity contribution is 8.02. The first-order valence-electron chi connectivity index (χ1n) is 6.81. The van der Waals surface area contributed by atoms with Gasteiger partial charge in [-0.2, -0.15) is 0 Å². The quantitative estimate of drug-likeness (QED) is 0.764. The molecule has 0 radical (unpaired) electrons. The van der Waals surface area contributed by atoms with E-state index in [9.17, 15) is 4.79 Å². The number of aromatic nitrogens is 2. The van der Waals surface area contributed by atoms with Gasteiger partial charge in [0.1, 0.15) is 0 Å². The molecule has 0 unspecified atom stereocenters. The van der Waals surface area contributed by atoms with Crippen LogP contribution in [0.25, 0.3) is 0 Å². The van der Waals surface area contributed by atoms with Crippen LogP contribution >= 0.6 is 34.7 Å². The van der Waals surface area contributed by atoms with E-state index in [1.165, 1.54) is 23.1 Å². The molecule has 2 rings (SSSR count). The summed E-state index contributed by atoms with van der Waals surface area (Å²) in [6.07, 6.45) is 0. The van der Waals surface area contributed by atoms with Crippen LogP contribution in [0.4, 0.5) is 10.8 Å². The maximum absolute atomic E-state index is 12.3. The molecular formula is C14H17ClN4OS2. The summed E-state index contributed by atoms with van der Waals surface area (Å²) in [4.78, 5) is 12.3. The van der Waals surface area contributed by atoms with Crippen LogP contribution < -0.4 is 10.6 Å². The Kier molecular flexibility index (Phi) is 6.05. The van der Waals surface area contributed by atoms with E-state index in [2.05, 4.69) is 20.8 Å². The van der Waals surface area contributed by atoms with Crippen LogP contribution in [0.15, 0.2) is 22.5 Å². The third-order valence-electron chi connectivity index (χ3n) is 2.91. The zero-order chi connectivity index (χ0) is 16.1. The molecule has 0 spiro atoms. The highest BCUT2D eigenvalue weighted by atomic mass is 35.5. The fraction of sp³-hybridized carbons (Fsp3) is 0.357. The normalized spacial score (nSPS) is 12.0. The van der Waals surface area contributed by atoms with Crippen LogP contribution in [0.5, 0.6) is 0 Å². The Balaban J connectivity index is 1.98. The molecule has 1 amide bonds. The average Bonchev–Trinajstić information content (AvgIpc) is 2.91. The molecule has 0 aliphatic carbocycles. The number of anilines is 2. The van der Waals surface area contributed by atoms with Gasteiger partial charge < -0.3 is 10.6 Å². The summed E-state index contributed by atoms with van der Waals surface area (Å²) in [7, 11) is 0. The second-order valence-electron chi connectivity index (χ2n) is 4.57. The van der Waals surface area contributed by atoms with Gasteiger partial charge in [0.2, 0.25) is 11.0 Å². The second kappa shape index (κ2) is 7.80. The number of carbonyl (C=O) groups is 1. The van der Waals surface area contributed by atoms with Crippen molar-refractivity contribution in [2.45, 2.75) is 30.4 Å². The fourth-order valence-electron chi connectivity index (χ4n) is 1.66. The molecule has 0 bridgehead atoms. The van der Waals surface area contributed by atoms with Crippen molar-refractivity contribution in [1.82, 2.24) is 10.2 Å². The molecule has 0 fully saturated rings. The molecule has 5 nitrogen and oxygen atoms in total. The molecule has 2 aromatic rings. The molecule has 1 atom stereocenters. The van der Waals surface area contributed by atoms with Gasteiger partial charge >= 0.3 is 0 Å². The van der Waals surface area contributed by atoms with Crippen LogP contribution in [-0.4, -0.2) is 27.9 Å². The van der Waals surface area contributed by atoms with Crippen LogP contribution in [0.1, 0.15) is 19.4 Å².